The molecule has 0 amide bonds. The minimum Gasteiger partial charge on any atom is -0.296 e. The molecule has 2 heterocycles. The van der Waals surface area contributed by atoms with Crippen LogP contribution in [0, 0.1) is 0 Å². The van der Waals surface area contributed by atoms with Crippen LogP contribution < -0.4 is 4.72 Å². The van der Waals surface area contributed by atoms with Crippen molar-refractivity contribution in [3.05, 3.63) is 60.2 Å². The zero-order valence-corrected chi connectivity index (χ0v) is 14.7. The van der Waals surface area contributed by atoms with Crippen molar-refractivity contribution < 1.29 is 9.00 Å². The molecule has 0 saturated heterocycles. The van der Waals surface area contributed by atoms with E-state index in [9.17, 15) is 9.00 Å². The molecule has 6 heteroatoms. The first kappa shape index (κ1) is 19.1. The van der Waals surface area contributed by atoms with E-state index in [1.54, 1.807) is 30.6 Å². The number of carbonyl (C=O) groups excluding carboxylic acids is 1. The first-order valence-electron chi connectivity index (χ1n) is 7.29. The van der Waals surface area contributed by atoms with Crippen LogP contribution in [0.5, 0.6) is 0 Å². The maximum absolute atomic E-state index is 11.8. The molecular weight excluding hydrogens is 310 g/mol. The van der Waals surface area contributed by atoms with E-state index in [-0.39, 0.29) is 10.8 Å². The predicted molar refractivity (Wildman–Crippen MR) is 93.3 cm³/mol. The number of aromatic nitrogens is 2. The third-order valence-corrected chi connectivity index (χ3v) is 4.46. The first-order valence-corrected chi connectivity index (χ1v) is 8.44. The molecule has 2 rings (SSSR count). The van der Waals surface area contributed by atoms with Gasteiger partial charge in [-0.1, -0.05) is 12.1 Å². The predicted octanol–water partition coefficient (Wildman–Crippen LogP) is 3.09. The van der Waals surface area contributed by atoms with Gasteiger partial charge >= 0.3 is 0 Å². The molecule has 0 bridgehead atoms. The largest absolute Gasteiger partial charge is 0.296 e. The van der Waals surface area contributed by atoms with Crippen LogP contribution in [0.1, 0.15) is 49.9 Å². The molecule has 0 aliphatic rings. The highest BCUT2D eigenvalue weighted by molar-refractivity contribution is 7.84. The lowest BCUT2D eigenvalue weighted by Gasteiger charge is -2.21. The minimum absolute atomic E-state index is 0.00579. The monoisotopic (exact) mass is 333 g/mol. The van der Waals surface area contributed by atoms with Crippen LogP contribution >= 0.6 is 0 Å². The van der Waals surface area contributed by atoms with Gasteiger partial charge in [0, 0.05) is 12.4 Å². The van der Waals surface area contributed by atoms with Gasteiger partial charge in [0.25, 0.3) is 0 Å². The van der Waals surface area contributed by atoms with Crippen molar-refractivity contribution in [2.75, 3.05) is 0 Å². The smallest absolute Gasteiger partial charge is 0.168 e. The summed E-state index contributed by atoms with van der Waals surface area (Å²) >= 11 is 0. The second-order valence-electron chi connectivity index (χ2n) is 5.85. The van der Waals surface area contributed by atoms with E-state index < -0.39 is 11.0 Å². The molecule has 0 aromatic carbocycles. The van der Waals surface area contributed by atoms with E-state index in [0.717, 1.165) is 12.0 Å². The number of hydrogen-bond donors (Lipinski definition) is 1. The lowest BCUT2D eigenvalue weighted by Crippen LogP contribution is -2.35. The zero-order valence-electron chi connectivity index (χ0n) is 13.9. The Balaban J connectivity index is 0.000000277. The van der Waals surface area contributed by atoms with Gasteiger partial charge in [-0.2, -0.15) is 0 Å². The summed E-state index contributed by atoms with van der Waals surface area (Å²) in [6.45, 7) is 7.80. The van der Waals surface area contributed by atoms with E-state index in [4.69, 9.17) is 0 Å². The summed E-state index contributed by atoms with van der Waals surface area (Å²) < 4.78 is 14.6. The van der Waals surface area contributed by atoms with Gasteiger partial charge in [-0.15, -0.1) is 0 Å². The molecule has 23 heavy (non-hydrogen) atoms. The number of hydrogen-bond acceptors (Lipinski definition) is 4. The average Bonchev–Trinajstić information content (AvgIpc) is 2.56. The molecule has 124 valence electrons. The lowest BCUT2D eigenvalue weighted by atomic mass is 10.2. The molecule has 0 unspecified atom stereocenters. The quantitative estimate of drug-likeness (QED) is 0.873. The number of nitrogens with zero attached hydrogens (tertiary/aromatic N) is 2. The highest BCUT2D eigenvalue weighted by Crippen LogP contribution is 2.14. The number of nitrogens with one attached hydrogen (secondary N) is 1. The molecule has 2 aromatic rings. The number of rotatable bonds is 4. The van der Waals surface area contributed by atoms with E-state index in [1.807, 2.05) is 45.9 Å². The summed E-state index contributed by atoms with van der Waals surface area (Å²) in [4.78, 5) is 17.9. The first-order chi connectivity index (χ1) is 10.8. The number of carbonyl (C=O) groups is 1. The van der Waals surface area contributed by atoms with Gasteiger partial charge in [0.2, 0.25) is 0 Å². The van der Waals surface area contributed by atoms with Crippen molar-refractivity contribution >= 4 is 17.3 Å². The van der Waals surface area contributed by atoms with E-state index in [2.05, 4.69) is 14.7 Å². The number of pyridine rings is 2. The number of aldehydes is 1. The maximum atomic E-state index is 11.8. The topological polar surface area (TPSA) is 72.0 Å². The molecule has 1 N–H and O–H groups in total. The second kappa shape index (κ2) is 9.27. The average molecular weight is 333 g/mol. The summed E-state index contributed by atoms with van der Waals surface area (Å²) in [5, 5.41) is 0. The molecule has 0 radical (unpaired) electrons. The van der Waals surface area contributed by atoms with Crippen LogP contribution in [0.2, 0.25) is 0 Å². The third-order valence-electron chi connectivity index (χ3n) is 2.78. The molecule has 0 spiro atoms. The van der Waals surface area contributed by atoms with Crippen LogP contribution in [0.4, 0.5) is 0 Å². The molecule has 5 nitrogen and oxygen atoms in total. The van der Waals surface area contributed by atoms with Gasteiger partial charge in [-0.3, -0.25) is 14.8 Å². The normalized spacial score (nSPS) is 13.4. The van der Waals surface area contributed by atoms with E-state index >= 15 is 0 Å². The van der Waals surface area contributed by atoms with E-state index in [0.29, 0.717) is 5.69 Å². The summed E-state index contributed by atoms with van der Waals surface area (Å²) in [7, 11) is -1.06. The molecule has 2 aromatic heterocycles. The van der Waals surface area contributed by atoms with Crippen molar-refractivity contribution in [2.45, 2.75) is 38.5 Å². The molecule has 2 atom stereocenters. The van der Waals surface area contributed by atoms with Gasteiger partial charge in [0.05, 0.1) is 27.5 Å². The summed E-state index contributed by atoms with van der Waals surface area (Å²) in [6.07, 6.45) is 4.05. The van der Waals surface area contributed by atoms with Crippen molar-refractivity contribution in [3.8, 4) is 0 Å². The minimum atomic E-state index is -1.06. The van der Waals surface area contributed by atoms with Crippen LogP contribution in [-0.2, 0) is 11.0 Å². The molecular formula is C17H23N3O2S. The standard InChI is InChI=1S/C11H18N2OS.C6H5NO/c1-9(10-7-5-6-8-12-10)13-15(14)11(2,3)4;8-5-6-3-1-2-4-7-6/h5-9,13H,1-4H3;1-5H/t9-,15-;/m1./s1. The molecule has 0 aliphatic heterocycles. The Hall–Kier alpha value is -1.92. The van der Waals surface area contributed by atoms with Crippen LogP contribution in [0.15, 0.2) is 48.8 Å². The van der Waals surface area contributed by atoms with Gasteiger partial charge in [-0.25, -0.2) is 8.93 Å². The van der Waals surface area contributed by atoms with Gasteiger partial charge in [0.1, 0.15) is 5.69 Å². The summed E-state index contributed by atoms with van der Waals surface area (Å²) in [5.74, 6) is 0. The highest BCUT2D eigenvalue weighted by atomic mass is 32.2. The Morgan fingerprint density at radius 3 is 2.09 bits per heavy atom. The fourth-order valence-electron chi connectivity index (χ4n) is 1.48. The molecule has 0 fully saturated rings. The second-order valence-corrected chi connectivity index (χ2v) is 7.85. The SMILES string of the molecule is C[C@@H](N[S@](=O)C(C)(C)C)c1ccccn1.O=Cc1ccccn1. The van der Waals surface area contributed by atoms with Crippen LogP contribution in [-0.4, -0.2) is 25.2 Å². The highest BCUT2D eigenvalue weighted by Gasteiger charge is 2.21. The van der Waals surface area contributed by atoms with E-state index in [1.165, 1.54) is 0 Å². The zero-order chi connectivity index (χ0) is 17.3. The van der Waals surface area contributed by atoms with Gasteiger partial charge < -0.3 is 0 Å². The lowest BCUT2D eigenvalue weighted by molar-refractivity contribution is 0.111. The Bertz CT molecular complexity index is 613. The summed E-state index contributed by atoms with van der Waals surface area (Å²) in [5.41, 5.74) is 1.39. The van der Waals surface area contributed by atoms with Crippen molar-refractivity contribution in [2.24, 2.45) is 0 Å². The molecule has 0 saturated carbocycles. The van der Waals surface area contributed by atoms with Crippen molar-refractivity contribution in [1.29, 1.82) is 0 Å². The fourth-order valence-corrected chi connectivity index (χ4v) is 2.27. The Morgan fingerprint density at radius 1 is 1.09 bits per heavy atom. The third kappa shape index (κ3) is 7.25. The van der Waals surface area contributed by atoms with Crippen molar-refractivity contribution in [1.82, 2.24) is 14.7 Å². The maximum Gasteiger partial charge on any atom is 0.168 e. The van der Waals surface area contributed by atoms with Crippen LogP contribution in [0.3, 0.4) is 0 Å². The van der Waals surface area contributed by atoms with Gasteiger partial charge in [-0.05, 0) is 52.0 Å². The van der Waals surface area contributed by atoms with Crippen molar-refractivity contribution in [3.63, 3.8) is 0 Å². The van der Waals surface area contributed by atoms with Crippen LogP contribution in [0.25, 0.3) is 0 Å². The van der Waals surface area contributed by atoms with Gasteiger partial charge in [0.15, 0.2) is 6.29 Å². The summed E-state index contributed by atoms with van der Waals surface area (Å²) in [6, 6.07) is 10.9. The Labute approximate surface area is 140 Å². The molecule has 0 aliphatic carbocycles. The Kier molecular flexibility index (Phi) is 7.71. The Morgan fingerprint density at radius 2 is 1.70 bits per heavy atom. The fraction of sp³-hybridized carbons (Fsp3) is 0.353.